The lowest BCUT2D eigenvalue weighted by Gasteiger charge is -2.44. The number of unbranched alkanes of at least 4 members (excludes halogenated alkanes) is 1. The van der Waals surface area contributed by atoms with Crippen LogP contribution >= 0.6 is 0 Å². The Balaban J connectivity index is 1.45. The second-order valence-corrected chi connectivity index (χ2v) is 8.98. The van der Waals surface area contributed by atoms with Crippen LogP contribution in [0.3, 0.4) is 0 Å². The average molecular weight is 428 g/mol. The Morgan fingerprint density at radius 2 is 2.00 bits per heavy atom. The van der Waals surface area contributed by atoms with Gasteiger partial charge in [-0.05, 0) is 83.1 Å². The number of likely N-dealkylation sites (tertiary alicyclic amines) is 1. The van der Waals surface area contributed by atoms with Gasteiger partial charge < -0.3 is 19.4 Å². The summed E-state index contributed by atoms with van der Waals surface area (Å²) in [4.78, 5) is 16.7. The molecule has 2 heterocycles. The van der Waals surface area contributed by atoms with E-state index in [1.807, 2.05) is 0 Å². The summed E-state index contributed by atoms with van der Waals surface area (Å²) < 4.78 is 11.0. The predicted octanol–water partition coefficient (Wildman–Crippen LogP) is 4.04. The summed E-state index contributed by atoms with van der Waals surface area (Å²) in [6.45, 7) is 11.2. The first-order chi connectivity index (χ1) is 14.9. The number of rotatable bonds is 11. The molecule has 1 atom stereocenters. The summed E-state index contributed by atoms with van der Waals surface area (Å²) in [7, 11) is 4.21. The minimum atomic E-state index is -0.0657. The van der Waals surface area contributed by atoms with E-state index >= 15 is 0 Å². The van der Waals surface area contributed by atoms with Gasteiger partial charge in [-0.15, -0.1) is 0 Å². The van der Waals surface area contributed by atoms with E-state index in [0.717, 1.165) is 44.8 Å². The number of carbonyl (C=O) groups excluding carboxylic acids is 1. The number of hydrogen-bond donors (Lipinski definition) is 1. The van der Waals surface area contributed by atoms with Crippen LogP contribution in [0.25, 0.3) is 0 Å². The fraction of sp³-hybridized carbons (Fsp3) is 0.560. The first-order valence-corrected chi connectivity index (χ1v) is 11.3. The number of furan rings is 1. The second-order valence-electron chi connectivity index (χ2n) is 8.98. The fourth-order valence-corrected chi connectivity index (χ4v) is 4.12. The van der Waals surface area contributed by atoms with Gasteiger partial charge in [0.2, 0.25) is 0 Å². The van der Waals surface area contributed by atoms with Gasteiger partial charge in [0.05, 0.1) is 18.4 Å². The monoisotopic (exact) mass is 427 g/mol. The summed E-state index contributed by atoms with van der Waals surface area (Å²) >= 11 is 0. The minimum Gasteiger partial charge on any atom is -0.493 e. The van der Waals surface area contributed by atoms with Gasteiger partial charge in [0.25, 0.3) is 5.91 Å². The third-order valence-electron chi connectivity index (χ3n) is 6.35. The molecule has 0 aliphatic carbocycles. The molecule has 31 heavy (non-hydrogen) atoms. The molecule has 3 rings (SSSR count). The van der Waals surface area contributed by atoms with Crippen molar-refractivity contribution in [3.63, 3.8) is 0 Å². The van der Waals surface area contributed by atoms with Crippen LogP contribution in [0.2, 0.25) is 0 Å². The molecule has 0 bridgehead atoms. The number of nitrogens with zero attached hydrogens (tertiary/aromatic N) is 2. The molecular formula is C25H37N3O3. The molecular weight excluding hydrogens is 390 g/mol. The van der Waals surface area contributed by atoms with Gasteiger partial charge in [0.15, 0.2) is 0 Å². The van der Waals surface area contributed by atoms with E-state index in [1.54, 1.807) is 6.07 Å². The van der Waals surface area contributed by atoms with Gasteiger partial charge in [-0.3, -0.25) is 9.69 Å². The summed E-state index contributed by atoms with van der Waals surface area (Å²) in [6, 6.07) is 6.39. The van der Waals surface area contributed by atoms with Crippen LogP contribution in [-0.4, -0.2) is 62.6 Å². The van der Waals surface area contributed by atoms with Gasteiger partial charge in [-0.25, -0.2) is 0 Å². The predicted molar refractivity (Wildman–Crippen MR) is 124 cm³/mol. The first-order valence-electron chi connectivity index (χ1n) is 11.3. The van der Waals surface area contributed by atoms with E-state index in [0.29, 0.717) is 24.1 Å². The van der Waals surface area contributed by atoms with Gasteiger partial charge >= 0.3 is 0 Å². The lowest BCUT2D eigenvalue weighted by molar-refractivity contribution is 0.0569. The number of amides is 1. The lowest BCUT2D eigenvalue weighted by Crippen LogP contribution is -2.52. The second kappa shape index (κ2) is 10.8. The van der Waals surface area contributed by atoms with Gasteiger partial charge in [0.1, 0.15) is 12.0 Å². The molecule has 170 valence electrons. The average Bonchev–Trinajstić information content (AvgIpc) is 3.24. The minimum absolute atomic E-state index is 0.0657. The first kappa shape index (κ1) is 23.4. The third kappa shape index (κ3) is 6.11. The Labute approximate surface area is 186 Å². The maximum Gasteiger partial charge on any atom is 0.254 e. The number of benzene rings is 1. The van der Waals surface area contributed by atoms with E-state index in [4.69, 9.17) is 9.15 Å². The largest absolute Gasteiger partial charge is 0.493 e. The van der Waals surface area contributed by atoms with Crippen molar-refractivity contribution >= 4 is 5.91 Å². The molecule has 1 amide bonds. The Morgan fingerprint density at radius 1 is 1.23 bits per heavy atom. The van der Waals surface area contributed by atoms with E-state index in [2.05, 4.69) is 62.1 Å². The van der Waals surface area contributed by atoms with Crippen molar-refractivity contribution in [3.05, 3.63) is 53.0 Å². The number of ether oxygens (including phenoxy) is 1. The van der Waals surface area contributed by atoms with Crippen molar-refractivity contribution in [1.82, 2.24) is 15.1 Å². The zero-order chi connectivity index (χ0) is 22.4. The smallest absolute Gasteiger partial charge is 0.254 e. The molecule has 2 aromatic rings. The highest BCUT2D eigenvalue weighted by molar-refractivity contribution is 5.93. The molecule has 0 saturated carbocycles. The summed E-state index contributed by atoms with van der Waals surface area (Å²) in [6.07, 6.45) is 5.22. The summed E-state index contributed by atoms with van der Waals surface area (Å²) in [5, 5.41) is 3.00. The van der Waals surface area contributed by atoms with Crippen LogP contribution < -0.4 is 10.1 Å². The Morgan fingerprint density at radius 3 is 2.68 bits per heavy atom. The van der Waals surface area contributed by atoms with E-state index in [1.165, 1.54) is 29.2 Å². The number of nitrogens with one attached hydrogen (secondary N) is 1. The molecule has 1 aromatic carbocycles. The molecule has 1 aromatic heterocycles. The van der Waals surface area contributed by atoms with Crippen molar-refractivity contribution in [3.8, 4) is 5.75 Å². The SMILES string of the molecule is Cc1c(OCCCCN(C)C)ccc(C(C)N2CC(CNC(=O)c3ccoc3)C2)c1C. The topological polar surface area (TPSA) is 58.0 Å². The van der Waals surface area contributed by atoms with E-state index < -0.39 is 0 Å². The Bertz CT molecular complexity index is 842. The zero-order valence-corrected chi connectivity index (χ0v) is 19.6. The van der Waals surface area contributed by atoms with E-state index in [-0.39, 0.29) is 5.91 Å². The van der Waals surface area contributed by atoms with Crippen molar-refractivity contribution in [1.29, 1.82) is 0 Å². The summed E-state index contributed by atoms with van der Waals surface area (Å²) in [5.74, 6) is 1.43. The highest BCUT2D eigenvalue weighted by Crippen LogP contribution is 2.34. The molecule has 1 saturated heterocycles. The van der Waals surface area contributed by atoms with Crippen LogP contribution in [0.4, 0.5) is 0 Å². The van der Waals surface area contributed by atoms with Gasteiger partial charge in [-0.1, -0.05) is 6.07 Å². The molecule has 1 aliphatic heterocycles. The van der Waals surface area contributed by atoms with Crippen LogP contribution in [0.5, 0.6) is 5.75 Å². The van der Waals surface area contributed by atoms with Crippen molar-refractivity contribution in [2.45, 2.75) is 39.7 Å². The number of hydrogen-bond acceptors (Lipinski definition) is 5. The van der Waals surface area contributed by atoms with Crippen LogP contribution in [0.15, 0.2) is 35.1 Å². The van der Waals surface area contributed by atoms with Crippen LogP contribution in [0, 0.1) is 19.8 Å². The maximum absolute atomic E-state index is 12.0. The lowest BCUT2D eigenvalue weighted by atomic mass is 9.91. The van der Waals surface area contributed by atoms with Crippen molar-refractivity contribution < 1.29 is 13.9 Å². The highest BCUT2D eigenvalue weighted by Gasteiger charge is 2.32. The van der Waals surface area contributed by atoms with Gasteiger partial charge in [-0.2, -0.15) is 0 Å². The van der Waals surface area contributed by atoms with Crippen LogP contribution in [-0.2, 0) is 0 Å². The molecule has 6 heteroatoms. The zero-order valence-electron chi connectivity index (χ0n) is 19.6. The van der Waals surface area contributed by atoms with Crippen LogP contribution in [0.1, 0.15) is 52.9 Å². The maximum atomic E-state index is 12.0. The van der Waals surface area contributed by atoms with Gasteiger partial charge in [0, 0.05) is 31.6 Å². The van der Waals surface area contributed by atoms with E-state index in [9.17, 15) is 4.79 Å². The molecule has 6 nitrogen and oxygen atoms in total. The molecule has 0 spiro atoms. The quantitative estimate of drug-likeness (QED) is 0.549. The Hall–Kier alpha value is -2.31. The standard InChI is InChI=1S/C25H37N3O3/c1-18-19(2)24(31-12-7-6-11-27(4)5)9-8-23(18)20(3)28-15-21(16-28)14-26-25(29)22-10-13-30-17-22/h8-10,13,17,20-21H,6-7,11-12,14-16H2,1-5H3,(H,26,29). The molecule has 1 N–H and O–H groups in total. The van der Waals surface area contributed by atoms with Crippen molar-refractivity contribution in [2.75, 3.05) is 46.9 Å². The molecule has 1 fully saturated rings. The molecule has 1 unspecified atom stereocenters. The Kier molecular flexibility index (Phi) is 8.15. The van der Waals surface area contributed by atoms with Crippen molar-refractivity contribution in [2.24, 2.45) is 5.92 Å². The highest BCUT2D eigenvalue weighted by atomic mass is 16.5. The molecule has 0 radical (unpaired) electrons. The fourth-order valence-electron chi connectivity index (χ4n) is 4.12. The number of carbonyl (C=O) groups is 1. The normalized spacial score (nSPS) is 15.7. The molecule has 1 aliphatic rings. The third-order valence-corrected chi connectivity index (χ3v) is 6.35. The summed E-state index contributed by atoms with van der Waals surface area (Å²) in [5.41, 5.74) is 4.49.